The van der Waals surface area contributed by atoms with Gasteiger partial charge in [0.1, 0.15) is 0 Å². The van der Waals surface area contributed by atoms with Crippen molar-refractivity contribution in [2.24, 2.45) is 0 Å². The normalized spacial score (nSPS) is 15.9. The van der Waals surface area contributed by atoms with Crippen LogP contribution in [0.1, 0.15) is 40.9 Å². The molecule has 0 aromatic heterocycles. The quantitative estimate of drug-likeness (QED) is 0.507. The summed E-state index contributed by atoms with van der Waals surface area (Å²) < 4.78 is 33.7. The van der Waals surface area contributed by atoms with E-state index in [9.17, 15) is 18.0 Å². The van der Waals surface area contributed by atoms with E-state index in [1.54, 1.807) is 12.1 Å². The first kappa shape index (κ1) is 24.5. The van der Waals surface area contributed by atoms with Crippen molar-refractivity contribution in [3.8, 4) is 0 Å². The highest BCUT2D eigenvalue weighted by Gasteiger charge is 2.36. The average molecular weight is 493 g/mol. The molecule has 0 spiro atoms. The molecule has 0 saturated carbocycles. The van der Waals surface area contributed by atoms with Gasteiger partial charge in [-0.2, -0.15) is 0 Å². The number of hydrogen-bond acceptors (Lipinski definition) is 5. The van der Waals surface area contributed by atoms with Gasteiger partial charge in [-0.25, -0.2) is 13.2 Å². The molecule has 1 aliphatic heterocycles. The van der Waals surface area contributed by atoms with E-state index in [0.29, 0.717) is 17.8 Å². The molecule has 1 N–H and O–H groups in total. The predicted octanol–water partition coefficient (Wildman–Crippen LogP) is 4.63. The predicted molar refractivity (Wildman–Crippen MR) is 135 cm³/mol. The van der Waals surface area contributed by atoms with Crippen LogP contribution < -0.4 is 9.62 Å². The lowest BCUT2D eigenvalue weighted by Crippen LogP contribution is -2.35. The van der Waals surface area contributed by atoms with E-state index in [0.717, 1.165) is 16.7 Å². The van der Waals surface area contributed by atoms with Crippen molar-refractivity contribution in [1.82, 2.24) is 0 Å². The van der Waals surface area contributed by atoms with Gasteiger partial charge in [-0.1, -0.05) is 42.5 Å². The van der Waals surface area contributed by atoms with Crippen LogP contribution in [0, 0.1) is 13.8 Å². The minimum absolute atomic E-state index is 0.0110. The molecular formula is C27H28N2O5S. The Labute approximate surface area is 205 Å². The van der Waals surface area contributed by atoms with Crippen LogP contribution in [0.15, 0.2) is 71.6 Å². The fourth-order valence-electron chi connectivity index (χ4n) is 4.32. The second kappa shape index (κ2) is 9.54. The van der Waals surface area contributed by atoms with Crippen LogP contribution in [0.5, 0.6) is 0 Å². The number of nitrogens with zero attached hydrogens (tertiary/aromatic N) is 1. The minimum Gasteiger partial charge on any atom is -0.449 e. The van der Waals surface area contributed by atoms with Crippen molar-refractivity contribution in [3.05, 3.63) is 89.0 Å². The van der Waals surface area contributed by atoms with Crippen molar-refractivity contribution in [2.75, 3.05) is 9.62 Å². The summed E-state index contributed by atoms with van der Waals surface area (Å²) in [6.45, 7) is 7.09. The lowest BCUT2D eigenvalue weighted by atomic mass is 10.1. The molecule has 3 aromatic carbocycles. The number of benzene rings is 3. The molecule has 2 unspecified atom stereocenters. The Morgan fingerprint density at radius 1 is 1.00 bits per heavy atom. The summed E-state index contributed by atoms with van der Waals surface area (Å²) in [6, 6.07) is 18.5. The van der Waals surface area contributed by atoms with E-state index in [4.69, 9.17) is 4.74 Å². The fourth-order valence-corrected chi connectivity index (χ4v) is 6.06. The molecule has 3 aromatic rings. The first-order valence-electron chi connectivity index (χ1n) is 11.4. The number of carbonyl (C=O) groups is 2. The topological polar surface area (TPSA) is 92.8 Å². The highest BCUT2D eigenvalue weighted by Crippen LogP contribution is 2.36. The van der Waals surface area contributed by atoms with Crippen molar-refractivity contribution in [3.63, 3.8) is 0 Å². The van der Waals surface area contributed by atoms with E-state index in [2.05, 4.69) is 5.32 Å². The molecule has 7 nitrogen and oxygen atoms in total. The number of hydrogen-bond donors (Lipinski definition) is 1. The zero-order valence-electron chi connectivity index (χ0n) is 20.1. The summed E-state index contributed by atoms with van der Waals surface area (Å²) in [6.07, 6.45) is -0.461. The van der Waals surface area contributed by atoms with Gasteiger partial charge in [0.25, 0.3) is 15.9 Å². The van der Waals surface area contributed by atoms with E-state index < -0.39 is 28.0 Å². The third-order valence-electron chi connectivity index (χ3n) is 6.15. The average Bonchev–Trinajstić information content (AvgIpc) is 3.17. The van der Waals surface area contributed by atoms with Gasteiger partial charge in [0.15, 0.2) is 6.10 Å². The van der Waals surface area contributed by atoms with Crippen LogP contribution in [0.3, 0.4) is 0 Å². The number of para-hydroxylation sites is 2. The van der Waals surface area contributed by atoms with Gasteiger partial charge in [0, 0.05) is 11.7 Å². The molecule has 2 atom stereocenters. The summed E-state index contributed by atoms with van der Waals surface area (Å²) in [4.78, 5) is 25.4. The Balaban J connectivity index is 1.52. The van der Waals surface area contributed by atoms with Crippen molar-refractivity contribution < 1.29 is 22.7 Å². The highest BCUT2D eigenvalue weighted by molar-refractivity contribution is 7.92. The van der Waals surface area contributed by atoms with Gasteiger partial charge >= 0.3 is 5.97 Å². The zero-order chi connectivity index (χ0) is 25.3. The Kier molecular flexibility index (Phi) is 6.67. The Hall–Kier alpha value is -3.65. The maximum Gasteiger partial charge on any atom is 0.338 e. The summed E-state index contributed by atoms with van der Waals surface area (Å²) in [5.74, 6) is -1.25. The number of esters is 1. The van der Waals surface area contributed by atoms with E-state index >= 15 is 0 Å². The molecule has 0 fully saturated rings. The number of ether oxygens (including phenoxy) is 1. The number of aryl methyl sites for hydroxylation is 2. The molecular weight excluding hydrogens is 464 g/mol. The second-order valence-corrected chi connectivity index (χ2v) is 10.6. The monoisotopic (exact) mass is 492 g/mol. The Morgan fingerprint density at radius 3 is 2.37 bits per heavy atom. The first-order valence-corrected chi connectivity index (χ1v) is 12.8. The van der Waals surface area contributed by atoms with Gasteiger partial charge in [-0.05, 0) is 75.1 Å². The Morgan fingerprint density at radius 2 is 1.66 bits per heavy atom. The summed E-state index contributed by atoms with van der Waals surface area (Å²) in [7, 11) is -3.91. The lowest BCUT2D eigenvalue weighted by molar-refractivity contribution is -0.123. The lowest BCUT2D eigenvalue weighted by Gasteiger charge is -2.24. The van der Waals surface area contributed by atoms with Crippen molar-refractivity contribution >= 4 is 33.3 Å². The number of carbonyl (C=O) groups excluding carboxylic acids is 2. The van der Waals surface area contributed by atoms with Crippen LogP contribution in [-0.2, 0) is 26.0 Å². The van der Waals surface area contributed by atoms with Gasteiger partial charge in [0.05, 0.1) is 16.1 Å². The van der Waals surface area contributed by atoms with E-state index in [-0.39, 0.29) is 16.5 Å². The molecule has 1 aliphatic rings. The molecule has 1 heterocycles. The number of nitrogens with one attached hydrogen (secondary N) is 1. The van der Waals surface area contributed by atoms with Crippen LogP contribution in [0.4, 0.5) is 11.4 Å². The van der Waals surface area contributed by atoms with Gasteiger partial charge in [-0.3, -0.25) is 9.10 Å². The third kappa shape index (κ3) is 4.79. The van der Waals surface area contributed by atoms with E-state index in [1.807, 2.05) is 51.1 Å². The molecule has 0 saturated heterocycles. The van der Waals surface area contributed by atoms with Crippen molar-refractivity contribution in [2.45, 2.75) is 51.2 Å². The minimum atomic E-state index is -3.91. The molecule has 1 amide bonds. The van der Waals surface area contributed by atoms with Crippen LogP contribution in [0.2, 0.25) is 0 Å². The molecule has 182 valence electrons. The molecule has 0 aliphatic carbocycles. The number of sulfonamides is 1. The second-order valence-electron chi connectivity index (χ2n) is 8.81. The van der Waals surface area contributed by atoms with Gasteiger partial charge in [0.2, 0.25) is 0 Å². The van der Waals surface area contributed by atoms with Crippen LogP contribution in [0.25, 0.3) is 0 Å². The van der Waals surface area contributed by atoms with Gasteiger partial charge < -0.3 is 10.1 Å². The molecule has 35 heavy (non-hydrogen) atoms. The Bertz CT molecular complexity index is 1380. The zero-order valence-corrected chi connectivity index (χ0v) is 20.9. The summed E-state index contributed by atoms with van der Waals surface area (Å²) in [5.41, 5.74) is 4.12. The fraction of sp³-hybridized carbons (Fsp3) is 0.259. The number of anilines is 2. The number of fused-ring (bicyclic) bond motifs is 1. The van der Waals surface area contributed by atoms with Crippen molar-refractivity contribution in [1.29, 1.82) is 0 Å². The van der Waals surface area contributed by atoms with Crippen LogP contribution in [-0.4, -0.2) is 32.4 Å². The van der Waals surface area contributed by atoms with Crippen LogP contribution >= 0.6 is 0 Å². The number of amides is 1. The summed E-state index contributed by atoms with van der Waals surface area (Å²) >= 11 is 0. The smallest absolute Gasteiger partial charge is 0.338 e. The third-order valence-corrected chi connectivity index (χ3v) is 8.08. The number of rotatable bonds is 6. The molecule has 8 heteroatoms. The summed E-state index contributed by atoms with van der Waals surface area (Å²) in [5, 5.41) is 2.80. The maximum atomic E-state index is 13.5. The van der Waals surface area contributed by atoms with Gasteiger partial charge in [-0.15, -0.1) is 0 Å². The molecule has 0 bridgehead atoms. The molecule has 4 rings (SSSR count). The first-order chi connectivity index (χ1) is 16.6. The standard InChI is InChI=1S/C27H28N2O5S/c1-17-9-7-10-18(2)25(17)28-26(30)20(4)34-27(31)22-12-8-13-23(16-22)35(32,33)29-19(3)15-21-11-5-6-14-24(21)29/h5-14,16,19-20H,15H2,1-4H3,(H,28,30). The molecule has 0 radical (unpaired) electrons. The SMILES string of the molecule is Cc1cccc(C)c1NC(=O)C(C)OC(=O)c1cccc(S(=O)(=O)N2c3ccccc3CC2C)c1. The largest absolute Gasteiger partial charge is 0.449 e. The maximum absolute atomic E-state index is 13.5. The van der Waals surface area contributed by atoms with E-state index in [1.165, 1.54) is 35.5 Å². The highest BCUT2D eigenvalue weighted by atomic mass is 32.2.